The Morgan fingerprint density at radius 1 is 0.969 bits per heavy atom. The van der Waals surface area contributed by atoms with Gasteiger partial charge in [-0.15, -0.1) is 0 Å². The zero-order valence-corrected chi connectivity index (χ0v) is 18.9. The molecule has 4 rings (SSSR count). The number of carbonyl (C=O) groups excluding carboxylic acids is 2. The fraction of sp³-hybridized carbons (Fsp3) is 0.136. The lowest BCUT2D eigenvalue weighted by atomic mass is 10.2. The van der Waals surface area contributed by atoms with Crippen molar-refractivity contribution in [2.45, 2.75) is 6.92 Å². The Morgan fingerprint density at radius 2 is 1.66 bits per heavy atom. The van der Waals surface area contributed by atoms with Crippen molar-refractivity contribution in [1.29, 1.82) is 0 Å². The van der Waals surface area contributed by atoms with Crippen LogP contribution in [0.2, 0.25) is 5.02 Å². The molecule has 1 aliphatic rings. The number of aromatic nitrogens is 2. The summed E-state index contributed by atoms with van der Waals surface area (Å²) in [5.74, 6) is -1.21. The van der Waals surface area contributed by atoms with Gasteiger partial charge in [-0.25, -0.2) is 9.58 Å². The van der Waals surface area contributed by atoms with Crippen LogP contribution in [0.4, 0.5) is 11.4 Å². The second-order valence-corrected chi connectivity index (χ2v) is 7.83. The molecule has 0 unspecified atom stereocenters. The van der Waals surface area contributed by atoms with Crippen LogP contribution < -0.4 is 20.5 Å². The lowest BCUT2D eigenvalue weighted by Gasteiger charge is -2.18. The van der Waals surface area contributed by atoms with Gasteiger partial charge in [0, 0.05) is 12.1 Å². The number of benzene rings is 2. The summed E-state index contributed by atoms with van der Waals surface area (Å²) in [6.45, 7) is 1.72. The summed E-state index contributed by atoms with van der Waals surface area (Å²) in [7, 11) is 3.13. The number of imide groups is 1. The third-order valence-electron chi connectivity index (χ3n) is 5.21. The minimum absolute atomic E-state index is 0.130. The monoisotopic (exact) mass is 472 g/mol. The minimum atomic E-state index is -0.753. The largest absolute Gasteiger partial charge is 0.495 e. The predicted octanol–water partition coefficient (Wildman–Crippen LogP) is 3.58. The van der Waals surface area contributed by atoms with Gasteiger partial charge in [0.05, 0.1) is 24.2 Å². The number of halogens is 2. The van der Waals surface area contributed by atoms with Crippen molar-refractivity contribution in [1.82, 2.24) is 9.36 Å². The quantitative estimate of drug-likeness (QED) is 0.573. The van der Waals surface area contributed by atoms with Crippen LogP contribution in [0, 0.1) is 6.92 Å². The third-order valence-corrected chi connectivity index (χ3v) is 5.80. The van der Waals surface area contributed by atoms with Crippen molar-refractivity contribution in [2.75, 3.05) is 17.3 Å². The van der Waals surface area contributed by atoms with Crippen LogP contribution in [0.1, 0.15) is 5.69 Å². The molecule has 0 atom stereocenters. The number of hydrogen-bond donors (Lipinski definition) is 1. The summed E-state index contributed by atoms with van der Waals surface area (Å²) < 4.78 is 8.36. The number of para-hydroxylation sites is 1. The molecule has 0 spiro atoms. The van der Waals surface area contributed by atoms with Gasteiger partial charge >= 0.3 is 0 Å². The first-order valence-electron chi connectivity index (χ1n) is 9.49. The van der Waals surface area contributed by atoms with Crippen LogP contribution in [-0.2, 0) is 16.6 Å². The molecule has 1 aliphatic heterocycles. The van der Waals surface area contributed by atoms with E-state index in [0.29, 0.717) is 16.4 Å². The maximum atomic E-state index is 13.2. The van der Waals surface area contributed by atoms with Gasteiger partial charge in [-0.3, -0.25) is 19.1 Å². The van der Waals surface area contributed by atoms with Crippen molar-refractivity contribution in [3.8, 4) is 11.4 Å². The van der Waals surface area contributed by atoms with Gasteiger partial charge in [-0.05, 0) is 37.3 Å². The first-order chi connectivity index (χ1) is 15.3. The Kier molecular flexibility index (Phi) is 5.58. The van der Waals surface area contributed by atoms with Crippen molar-refractivity contribution in [3.05, 3.63) is 80.3 Å². The van der Waals surface area contributed by atoms with E-state index in [0.717, 1.165) is 4.90 Å². The third kappa shape index (κ3) is 3.37. The van der Waals surface area contributed by atoms with Gasteiger partial charge < -0.3 is 10.1 Å². The van der Waals surface area contributed by atoms with Crippen LogP contribution in [0.3, 0.4) is 0 Å². The number of hydrogen-bond acceptors (Lipinski definition) is 5. The summed E-state index contributed by atoms with van der Waals surface area (Å²) in [6.07, 6.45) is 0. The summed E-state index contributed by atoms with van der Waals surface area (Å²) in [5.41, 5.74) is 0.879. The summed E-state index contributed by atoms with van der Waals surface area (Å²) >= 11 is 12.3. The van der Waals surface area contributed by atoms with E-state index in [1.54, 1.807) is 36.9 Å². The molecule has 10 heteroatoms. The molecule has 8 nitrogen and oxygen atoms in total. The number of rotatable bonds is 5. The molecule has 1 aromatic heterocycles. The Hall–Kier alpha value is -3.49. The SMILES string of the molecule is COc1ccc(Cl)cc1N1C(=O)C(Cl)=C(Nc2c(C)n(C)n(-c3ccccc3)c2=O)C1=O. The van der Waals surface area contributed by atoms with Gasteiger partial charge in [0.2, 0.25) is 0 Å². The van der Waals surface area contributed by atoms with E-state index in [9.17, 15) is 14.4 Å². The highest BCUT2D eigenvalue weighted by molar-refractivity contribution is 6.53. The molecule has 0 radical (unpaired) electrons. The van der Waals surface area contributed by atoms with E-state index in [4.69, 9.17) is 27.9 Å². The van der Waals surface area contributed by atoms with E-state index in [2.05, 4.69) is 5.32 Å². The molecular weight excluding hydrogens is 455 g/mol. The number of nitrogens with zero attached hydrogens (tertiary/aromatic N) is 3. The molecule has 0 saturated carbocycles. The fourth-order valence-corrected chi connectivity index (χ4v) is 3.88. The average molecular weight is 473 g/mol. The average Bonchev–Trinajstić information content (AvgIpc) is 3.12. The molecule has 3 aromatic rings. The number of ether oxygens (including phenoxy) is 1. The summed E-state index contributed by atoms with van der Waals surface area (Å²) in [6, 6.07) is 13.6. The van der Waals surface area contributed by atoms with Gasteiger partial charge in [0.25, 0.3) is 17.4 Å². The second-order valence-electron chi connectivity index (χ2n) is 7.01. The van der Waals surface area contributed by atoms with Crippen LogP contribution >= 0.6 is 23.2 Å². The van der Waals surface area contributed by atoms with Crippen LogP contribution in [0.25, 0.3) is 5.69 Å². The van der Waals surface area contributed by atoms with E-state index in [1.807, 2.05) is 18.2 Å². The van der Waals surface area contributed by atoms with Gasteiger partial charge in [0.1, 0.15) is 22.2 Å². The number of amides is 2. The van der Waals surface area contributed by atoms with Crippen LogP contribution in [0.15, 0.2) is 64.1 Å². The molecule has 0 bridgehead atoms. The zero-order chi connectivity index (χ0) is 23.2. The summed E-state index contributed by atoms with van der Waals surface area (Å²) in [5, 5.41) is 2.77. The summed E-state index contributed by atoms with van der Waals surface area (Å²) in [4.78, 5) is 40.1. The first-order valence-corrected chi connectivity index (χ1v) is 10.2. The topological polar surface area (TPSA) is 85.6 Å². The number of methoxy groups -OCH3 is 1. The van der Waals surface area contributed by atoms with Gasteiger partial charge in [-0.2, -0.15) is 0 Å². The zero-order valence-electron chi connectivity index (χ0n) is 17.3. The number of nitrogens with one attached hydrogen (secondary N) is 1. The predicted molar refractivity (Wildman–Crippen MR) is 123 cm³/mol. The number of anilines is 2. The molecule has 0 fully saturated rings. The molecule has 32 heavy (non-hydrogen) atoms. The van der Waals surface area contributed by atoms with E-state index in [1.165, 1.54) is 23.9 Å². The van der Waals surface area contributed by atoms with Crippen molar-refractivity contribution >= 4 is 46.4 Å². The Labute approximate surface area is 193 Å². The van der Waals surface area contributed by atoms with E-state index < -0.39 is 17.4 Å². The highest BCUT2D eigenvalue weighted by atomic mass is 35.5. The maximum Gasteiger partial charge on any atom is 0.295 e. The maximum absolute atomic E-state index is 13.2. The highest BCUT2D eigenvalue weighted by Crippen LogP contribution is 2.37. The Bertz CT molecular complexity index is 1340. The molecule has 0 aliphatic carbocycles. The standard InChI is InChI=1S/C22H18Cl2N4O4/c1-12-18(22(31)28(26(12)2)14-7-5-4-6-8-14)25-19-17(24)20(29)27(21(19)30)15-11-13(23)9-10-16(15)32-3/h4-11,25H,1-3H3. The molecule has 2 heterocycles. The molecule has 2 amide bonds. The first kappa shape index (κ1) is 21.7. The second kappa shape index (κ2) is 8.22. The lowest BCUT2D eigenvalue weighted by molar-refractivity contribution is -0.120. The lowest BCUT2D eigenvalue weighted by Crippen LogP contribution is -2.33. The van der Waals surface area contributed by atoms with Crippen molar-refractivity contribution < 1.29 is 14.3 Å². The molecule has 0 saturated heterocycles. The Morgan fingerprint density at radius 3 is 2.31 bits per heavy atom. The van der Waals surface area contributed by atoms with Crippen LogP contribution in [-0.4, -0.2) is 28.3 Å². The van der Waals surface area contributed by atoms with E-state index >= 15 is 0 Å². The Balaban J connectivity index is 1.76. The van der Waals surface area contributed by atoms with Gasteiger partial charge in [-0.1, -0.05) is 41.4 Å². The molecular formula is C22H18Cl2N4O4. The van der Waals surface area contributed by atoms with Crippen molar-refractivity contribution in [3.63, 3.8) is 0 Å². The normalized spacial score (nSPS) is 13.8. The van der Waals surface area contributed by atoms with Crippen LogP contribution in [0.5, 0.6) is 5.75 Å². The van der Waals surface area contributed by atoms with Crippen molar-refractivity contribution in [2.24, 2.45) is 7.05 Å². The van der Waals surface area contributed by atoms with E-state index in [-0.39, 0.29) is 27.9 Å². The molecule has 2 aromatic carbocycles. The fourth-order valence-electron chi connectivity index (χ4n) is 3.51. The highest BCUT2D eigenvalue weighted by Gasteiger charge is 2.41. The van der Waals surface area contributed by atoms with Gasteiger partial charge in [0.15, 0.2) is 0 Å². The smallest absolute Gasteiger partial charge is 0.295 e. The minimum Gasteiger partial charge on any atom is -0.495 e. The molecule has 164 valence electrons. The molecule has 1 N–H and O–H groups in total. The number of carbonyl (C=O) groups is 2.